The topological polar surface area (TPSA) is 55.4 Å². The maximum absolute atomic E-state index is 12.1. The van der Waals surface area contributed by atoms with E-state index < -0.39 is 10.0 Å². The third-order valence-electron chi connectivity index (χ3n) is 2.39. The molecule has 96 valence electrons. The number of sulfonamides is 1. The molecular weight excluding hydrogens is 238 g/mol. The number of methoxy groups -OCH3 is 1. The van der Waals surface area contributed by atoms with Gasteiger partial charge in [0.2, 0.25) is 10.0 Å². The number of hydrogen-bond donors (Lipinski definition) is 1. The van der Waals surface area contributed by atoms with Crippen LogP contribution in [0.25, 0.3) is 0 Å². The predicted octanol–water partition coefficient (Wildman–Crippen LogP) is 1.62. The molecule has 0 saturated heterocycles. The fraction of sp³-hybridized carbons (Fsp3) is 0.500. The minimum Gasteiger partial charge on any atom is -0.383 e. The van der Waals surface area contributed by atoms with Crippen LogP contribution in [0.3, 0.4) is 0 Å². The van der Waals surface area contributed by atoms with Crippen LogP contribution in [0.2, 0.25) is 0 Å². The van der Waals surface area contributed by atoms with Gasteiger partial charge in [-0.2, -0.15) is 0 Å². The Morgan fingerprint density at radius 3 is 2.53 bits per heavy atom. The van der Waals surface area contributed by atoms with E-state index in [1.807, 2.05) is 13.0 Å². The zero-order valence-corrected chi connectivity index (χ0v) is 11.5. The molecule has 0 aliphatic heterocycles. The van der Waals surface area contributed by atoms with Crippen molar-refractivity contribution in [2.24, 2.45) is 0 Å². The van der Waals surface area contributed by atoms with Crippen LogP contribution < -0.4 is 4.72 Å². The first-order chi connectivity index (χ1) is 7.86. The molecule has 5 heteroatoms. The van der Waals surface area contributed by atoms with Crippen LogP contribution in [0.5, 0.6) is 0 Å². The van der Waals surface area contributed by atoms with Crippen molar-refractivity contribution in [1.29, 1.82) is 0 Å². The Balaban J connectivity index is 2.97. The number of aryl methyl sites for hydroxylation is 2. The van der Waals surface area contributed by atoms with Crippen molar-refractivity contribution in [1.82, 2.24) is 4.72 Å². The molecule has 0 aliphatic carbocycles. The molecule has 1 rings (SSSR count). The summed E-state index contributed by atoms with van der Waals surface area (Å²) in [4.78, 5) is 0.325. The molecule has 0 fully saturated rings. The maximum atomic E-state index is 12.1. The summed E-state index contributed by atoms with van der Waals surface area (Å²) in [6.07, 6.45) is 0. The van der Waals surface area contributed by atoms with Crippen LogP contribution in [0, 0.1) is 13.8 Å². The van der Waals surface area contributed by atoms with E-state index in [0.717, 1.165) is 11.1 Å². The molecule has 4 nitrogen and oxygen atoms in total. The summed E-state index contributed by atoms with van der Waals surface area (Å²) in [7, 11) is -1.92. The second-order valence-corrected chi connectivity index (χ2v) is 5.93. The first-order valence-corrected chi connectivity index (χ1v) is 6.93. The van der Waals surface area contributed by atoms with Crippen molar-refractivity contribution in [3.8, 4) is 0 Å². The van der Waals surface area contributed by atoms with Crippen molar-refractivity contribution >= 4 is 10.0 Å². The summed E-state index contributed by atoms with van der Waals surface area (Å²) >= 11 is 0. The highest BCUT2D eigenvalue weighted by molar-refractivity contribution is 7.89. The van der Waals surface area contributed by atoms with Crippen LogP contribution in [-0.4, -0.2) is 28.2 Å². The van der Waals surface area contributed by atoms with Gasteiger partial charge in [0.1, 0.15) is 0 Å². The van der Waals surface area contributed by atoms with Crippen LogP contribution in [0.1, 0.15) is 18.1 Å². The molecular formula is C12H19NO3S. The van der Waals surface area contributed by atoms with Gasteiger partial charge in [-0.05, 0) is 32.4 Å². The van der Waals surface area contributed by atoms with E-state index in [4.69, 9.17) is 4.74 Å². The van der Waals surface area contributed by atoms with Crippen molar-refractivity contribution in [2.45, 2.75) is 31.7 Å². The van der Waals surface area contributed by atoms with E-state index in [1.165, 1.54) is 0 Å². The number of ether oxygens (including phenoxy) is 1. The van der Waals surface area contributed by atoms with Gasteiger partial charge in [0, 0.05) is 13.2 Å². The highest BCUT2D eigenvalue weighted by Gasteiger charge is 2.19. The van der Waals surface area contributed by atoms with Gasteiger partial charge in [0.15, 0.2) is 0 Å². The van der Waals surface area contributed by atoms with Gasteiger partial charge in [-0.1, -0.05) is 17.7 Å². The SMILES string of the molecule is COCC(C)NS(=O)(=O)c1ccc(C)cc1C. The molecule has 1 aromatic rings. The summed E-state index contributed by atoms with van der Waals surface area (Å²) in [5.74, 6) is 0. The van der Waals surface area contributed by atoms with E-state index in [0.29, 0.717) is 11.5 Å². The molecule has 0 radical (unpaired) electrons. The fourth-order valence-corrected chi connectivity index (χ4v) is 3.17. The summed E-state index contributed by atoms with van der Waals surface area (Å²) in [5.41, 5.74) is 1.80. The Morgan fingerprint density at radius 2 is 2.00 bits per heavy atom. The van der Waals surface area contributed by atoms with Gasteiger partial charge in [-0.25, -0.2) is 13.1 Å². The number of benzene rings is 1. The van der Waals surface area contributed by atoms with Gasteiger partial charge in [-0.3, -0.25) is 0 Å². The molecule has 0 saturated carbocycles. The van der Waals surface area contributed by atoms with Gasteiger partial charge in [0.05, 0.1) is 11.5 Å². The van der Waals surface area contributed by atoms with Crippen LogP contribution >= 0.6 is 0 Å². The molecule has 1 unspecified atom stereocenters. The largest absolute Gasteiger partial charge is 0.383 e. The Kier molecular flexibility index (Phi) is 4.68. The summed E-state index contributed by atoms with van der Waals surface area (Å²) in [6.45, 7) is 5.85. The Hall–Kier alpha value is -0.910. The fourth-order valence-electron chi connectivity index (χ4n) is 1.71. The average Bonchev–Trinajstić information content (AvgIpc) is 2.15. The van der Waals surface area contributed by atoms with E-state index >= 15 is 0 Å². The highest BCUT2D eigenvalue weighted by Crippen LogP contribution is 2.16. The lowest BCUT2D eigenvalue weighted by molar-refractivity contribution is 0.180. The zero-order chi connectivity index (χ0) is 13.1. The summed E-state index contributed by atoms with van der Waals surface area (Å²) in [6, 6.07) is 5.04. The standard InChI is InChI=1S/C12H19NO3S/c1-9-5-6-12(10(2)7-9)17(14,15)13-11(3)8-16-4/h5-7,11,13H,8H2,1-4H3. The van der Waals surface area contributed by atoms with Crippen molar-refractivity contribution in [2.75, 3.05) is 13.7 Å². The van der Waals surface area contributed by atoms with Crippen LogP contribution in [-0.2, 0) is 14.8 Å². The molecule has 1 aromatic carbocycles. The lowest BCUT2D eigenvalue weighted by Gasteiger charge is -2.14. The quantitative estimate of drug-likeness (QED) is 0.872. The van der Waals surface area contributed by atoms with Crippen molar-refractivity contribution in [3.63, 3.8) is 0 Å². The molecule has 0 amide bonds. The minimum atomic E-state index is -3.46. The molecule has 0 aliphatic rings. The molecule has 0 heterocycles. The van der Waals surface area contributed by atoms with Crippen molar-refractivity contribution in [3.05, 3.63) is 29.3 Å². The first-order valence-electron chi connectivity index (χ1n) is 5.45. The molecule has 0 aromatic heterocycles. The highest BCUT2D eigenvalue weighted by atomic mass is 32.2. The summed E-state index contributed by atoms with van der Waals surface area (Å²) in [5, 5.41) is 0. The zero-order valence-electron chi connectivity index (χ0n) is 10.6. The average molecular weight is 257 g/mol. The van der Waals surface area contributed by atoms with E-state index in [2.05, 4.69) is 4.72 Å². The van der Waals surface area contributed by atoms with E-state index in [-0.39, 0.29) is 6.04 Å². The van der Waals surface area contributed by atoms with E-state index in [1.54, 1.807) is 33.1 Å². The van der Waals surface area contributed by atoms with Crippen LogP contribution in [0.15, 0.2) is 23.1 Å². The van der Waals surface area contributed by atoms with Crippen LogP contribution in [0.4, 0.5) is 0 Å². The lowest BCUT2D eigenvalue weighted by Crippen LogP contribution is -2.35. The molecule has 1 atom stereocenters. The molecule has 17 heavy (non-hydrogen) atoms. The normalized spacial score (nSPS) is 13.6. The monoisotopic (exact) mass is 257 g/mol. The Labute approximate surface area is 103 Å². The minimum absolute atomic E-state index is 0.245. The van der Waals surface area contributed by atoms with Gasteiger partial charge >= 0.3 is 0 Å². The Bertz CT molecular complexity index is 483. The number of hydrogen-bond acceptors (Lipinski definition) is 3. The maximum Gasteiger partial charge on any atom is 0.241 e. The second-order valence-electron chi connectivity index (χ2n) is 4.25. The lowest BCUT2D eigenvalue weighted by atomic mass is 10.2. The molecule has 1 N–H and O–H groups in total. The summed E-state index contributed by atoms with van der Waals surface area (Å²) < 4.78 is 31.7. The first kappa shape index (κ1) is 14.2. The van der Waals surface area contributed by atoms with E-state index in [9.17, 15) is 8.42 Å². The molecule has 0 spiro atoms. The second kappa shape index (κ2) is 5.62. The predicted molar refractivity (Wildman–Crippen MR) is 67.6 cm³/mol. The smallest absolute Gasteiger partial charge is 0.241 e. The number of rotatable bonds is 5. The number of nitrogens with one attached hydrogen (secondary N) is 1. The van der Waals surface area contributed by atoms with Gasteiger partial charge in [-0.15, -0.1) is 0 Å². The van der Waals surface area contributed by atoms with Gasteiger partial charge < -0.3 is 4.74 Å². The van der Waals surface area contributed by atoms with Crippen molar-refractivity contribution < 1.29 is 13.2 Å². The third-order valence-corrected chi connectivity index (χ3v) is 4.14. The third kappa shape index (κ3) is 3.80. The Morgan fingerprint density at radius 1 is 1.35 bits per heavy atom. The van der Waals surface area contributed by atoms with Gasteiger partial charge in [0.25, 0.3) is 0 Å². The molecule has 0 bridgehead atoms.